The topological polar surface area (TPSA) is 91.9 Å². The predicted octanol–water partition coefficient (Wildman–Crippen LogP) is 5.10. The molecule has 182 valence electrons. The van der Waals surface area contributed by atoms with Crippen molar-refractivity contribution >= 4 is 34.5 Å². The molecule has 2 bridgehead atoms. The quantitative estimate of drug-likeness (QED) is 0.538. The number of rotatable bonds is 4. The SMILES string of the molecule is COC(C)(c1cc(-c2nccs2)c2oc(N3CC4CCCC(C3)N4C(=O)O)nc2c1)C(F)(F)F. The number of thiazole rings is 1. The molecular formula is C22H23F3N4O4S. The molecule has 5 rings (SSSR count). The standard InChI is InChI=1S/C22H23F3N4O4S/c1-21(32-2,22(23,24)25)12-8-15(18-26-6-7-34-18)17-16(9-12)27-19(33-17)28-10-13-4-3-5-14(11-28)29(13)20(30)31/h6-9,13-14H,3-5,10-11H2,1-2H3,(H,30,31). The van der Waals surface area contributed by atoms with E-state index in [9.17, 15) is 23.1 Å². The van der Waals surface area contributed by atoms with Crippen molar-refractivity contribution in [1.29, 1.82) is 0 Å². The number of nitrogens with zero attached hydrogens (tertiary/aromatic N) is 4. The normalized spacial score (nSPS) is 22.7. The van der Waals surface area contributed by atoms with Crippen molar-refractivity contribution < 1.29 is 32.2 Å². The molecule has 0 saturated carbocycles. The third-order valence-electron chi connectivity index (χ3n) is 6.86. The molecule has 2 fully saturated rings. The van der Waals surface area contributed by atoms with E-state index in [0.29, 0.717) is 29.2 Å². The Morgan fingerprint density at radius 1 is 1.26 bits per heavy atom. The summed E-state index contributed by atoms with van der Waals surface area (Å²) in [7, 11) is 1.02. The number of ether oxygens (including phenoxy) is 1. The Morgan fingerprint density at radius 2 is 1.97 bits per heavy atom. The highest BCUT2D eigenvalue weighted by Gasteiger charge is 2.53. The molecule has 8 nitrogen and oxygen atoms in total. The van der Waals surface area contributed by atoms with Gasteiger partial charge in [-0.2, -0.15) is 18.2 Å². The number of anilines is 1. The number of oxazole rings is 1. The fourth-order valence-corrected chi connectivity index (χ4v) is 5.57. The second-order valence-corrected chi connectivity index (χ2v) is 9.67. The summed E-state index contributed by atoms with van der Waals surface area (Å²) < 4.78 is 52.9. The van der Waals surface area contributed by atoms with E-state index in [1.54, 1.807) is 11.6 Å². The van der Waals surface area contributed by atoms with Crippen LogP contribution in [0.3, 0.4) is 0 Å². The molecule has 0 spiro atoms. The zero-order valence-electron chi connectivity index (χ0n) is 18.5. The second kappa shape index (κ2) is 8.12. The van der Waals surface area contributed by atoms with Crippen molar-refractivity contribution in [3.05, 3.63) is 29.3 Å². The van der Waals surface area contributed by atoms with Crippen molar-refractivity contribution in [1.82, 2.24) is 14.9 Å². The molecule has 12 heteroatoms. The summed E-state index contributed by atoms with van der Waals surface area (Å²) in [5.41, 5.74) is -1.65. The van der Waals surface area contributed by atoms with Crippen molar-refractivity contribution in [2.45, 2.75) is 50.0 Å². The van der Waals surface area contributed by atoms with Crippen LogP contribution in [0.5, 0.6) is 0 Å². The van der Waals surface area contributed by atoms with Gasteiger partial charge in [0.25, 0.3) is 6.01 Å². The molecule has 3 unspecified atom stereocenters. The fraction of sp³-hybridized carbons (Fsp3) is 0.500. The Hall–Kier alpha value is -2.86. The lowest BCUT2D eigenvalue weighted by Gasteiger charge is -2.48. The largest absolute Gasteiger partial charge is 0.465 e. The number of carbonyl (C=O) groups is 1. The number of amides is 1. The third kappa shape index (κ3) is 3.59. The number of carboxylic acid groups (broad SMARTS) is 1. The van der Waals surface area contributed by atoms with Crippen LogP contribution < -0.4 is 4.90 Å². The molecule has 1 aromatic carbocycles. The van der Waals surface area contributed by atoms with Crippen LogP contribution in [0.25, 0.3) is 21.7 Å². The predicted molar refractivity (Wildman–Crippen MR) is 119 cm³/mol. The zero-order chi connectivity index (χ0) is 24.3. The molecule has 34 heavy (non-hydrogen) atoms. The number of piperidine rings is 1. The van der Waals surface area contributed by atoms with E-state index in [2.05, 4.69) is 9.97 Å². The highest BCUT2D eigenvalue weighted by molar-refractivity contribution is 7.13. The summed E-state index contributed by atoms with van der Waals surface area (Å²) in [4.78, 5) is 23.9. The van der Waals surface area contributed by atoms with Gasteiger partial charge in [-0.05, 0) is 43.9 Å². The molecule has 0 radical (unpaired) electrons. The molecular weight excluding hydrogens is 473 g/mol. The Balaban J connectivity index is 1.60. The third-order valence-corrected chi connectivity index (χ3v) is 7.66. The Bertz CT molecular complexity index is 1200. The minimum Gasteiger partial charge on any atom is -0.465 e. The molecule has 2 aliphatic heterocycles. The number of methoxy groups -OCH3 is 1. The smallest absolute Gasteiger partial charge is 0.421 e. The van der Waals surface area contributed by atoms with Crippen molar-refractivity contribution in [3.8, 4) is 10.6 Å². The average molecular weight is 497 g/mol. The van der Waals surface area contributed by atoms with Gasteiger partial charge in [0, 0.05) is 31.8 Å². The van der Waals surface area contributed by atoms with E-state index >= 15 is 0 Å². The van der Waals surface area contributed by atoms with E-state index in [0.717, 1.165) is 33.3 Å². The van der Waals surface area contributed by atoms with Crippen LogP contribution in [0, 0.1) is 0 Å². The number of benzene rings is 1. The number of aromatic nitrogens is 2. The minimum absolute atomic E-state index is 0.104. The van der Waals surface area contributed by atoms with Crippen molar-refractivity contribution in [3.63, 3.8) is 0 Å². The summed E-state index contributed by atoms with van der Waals surface area (Å²) in [6.07, 6.45) is -1.59. The number of hydrogen-bond donors (Lipinski definition) is 1. The van der Waals surface area contributed by atoms with Gasteiger partial charge in [-0.1, -0.05) is 0 Å². The second-order valence-electron chi connectivity index (χ2n) is 8.77. The van der Waals surface area contributed by atoms with Crippen LogP contribution in [-0.4, -0.2) is 64.5 Å². The van der Waals surface area contributed by atoms with E-state index in [1.807, 2.05) is 4.90 Å². The molecule has 4 heterocycles. The molecule has 2 aromatic heterocycles. The lowest BCUT2D eigenvalue weighted by molar-refractivity contribution is -0.269. The van der Waals surface area contributed by atoms with Gasteiger partial charge in [0.15, 0.2) is 11.2 Å². The van der Waals surface area contributed by atoms with E-state index < -0.39 is 17.9 Å². The van der Waals surface area contributed by atoms with Gasteiger partial charge in [-0.25, -0.2) is 9.78 Å². The lowest BCUT2D eigenvalue weighted by atomic mass is 9.92. The van der Waals surface area contributed by atoms with Crippen LogP contribution in [-0.2, 0) is 10.3 Å². The first-order valence-corrected chi connectivity index (χ1v) is 11.7. The number of fused-ring (bicyclic) bond motifs is 3. The summed E-state index contributed by atoms with van der Waals surface area (Å²) in [6.45, 7) is 1.80. The summed E-state index contributed by atoms with van der Waals surface area (Å²) in [5, 5.41) is 11.8. The molecule has 3 atom stereocenters. The van der Waals surface area contributed by atoms with Gasteiger partial charge < -0.3 is 19.2 Å². The van der Waals surface area contributed by atoms with Crippen LogP contribution in [0.4, 0.5) is 24.0 Å². The van der Waals surface area contributed by atoms with Gasteiger partial charge in [0.2, 0.25) is 0 Å². The first-order valence-electron chi connectivity index (χ1n) is 10.9. The maximum atomic E-state index is 14.0. The molecule has 2 saturated heterocycles. The highest BCUT2D eigenvalue weighted by Crippen LogP contribution is 2.45. The van der Waals surface area contributed by atoms with Gasteiger partial charge in [0.05, 0.1) is 17.6 Å². The van der Waals surface area contributed by atoms with Gasteiger partial charge >= 0.3 is 12.3 Å². The summed E-state index contributed by atoms with van der Waals surface area (Å²) >= 11 is 1.28. The lowest BCUT2D eigenvalue weighted by Crippen LogP contribution is -2.62. The minimum atomic E-state index is -4.66. The van der Waals surface area contributed by atoms with E-state index in [1.165, 1.54) is 28.4 Å². The van der Waals surface area contributed by atoms with Crippen LogP contribution in [0.1, 0.15) is 31.7 Å². The number of halogens is 3. The van der Waals surface area contributed by atoms with Crippen molar-refractivity contribution in [2.24, 2.45) is 0 Å². The van der Waals surface area contributed by atoms with Gasteiger partial charge in [0.1, 0.15) is 10.5 Å². The zero-order valence-corrected chi connectivity index (χ0v) is 19.3. The maximum Gasteiger partial charge on any atom is 0.421 e. The number of hydrogen-bond acceptors (Lipinski definition) is 7. The molecule has 1 N–H and O–H groups in total. The van der Waals surface area contributed by atoms with Crippen LogP contribution >= 0.6 is 11.3 Å². The number of piperazine rings is 1. The Labute approximate surface area is 196 Å². The molecule has 0 aliphatic carbocycles. The van der Waals surface area contributed by atoms with Crippen LogP contribution in [0.15, 0.2) is 28.1 Å². The van der Waals surface area contributed by atoms with Crippen molar-refractivity contribution in [2.75, 3.05) is 25.1 Å². The Morgan fingerprint density at radius 3 is 2.53 bits per heavy atom. The fourth-order valence-electron chi connectivity index (χ4n) is 4.92. The van der Waals surface area contributed by atoms with E-state index in [-0.39, 0.29) is 29.2 Å². The van der Waals surface area contributed by atoms with Crippen LogP contribution in [0.2, 0.25) is 0 Å². The van der Waals surface area contributed by atoms with Gasteiger partial charge in [-0.3, -0.25) is 4.90 Å². The average Bonchev–Trinajstić information content (AvgIpc) is 3.46. The molecule has 3 aromatic rings. The summed E-state index contributed by atoms with van der Waals surface area (Å²) in [5.74, 6) is 0. The number of alkyl halides is 3. The van der Waals surface area contributed by atoms with E-state index in [4.69, 9.17) is 9.15 Å². The maximum absolute atomic E-state index is 14.0. The monoisotopic (exact) mass is 496 g/mol. The first-order chi connectivity index (χ1) is 16.1. The Kier molecular flexibility index (Phi) is 5.47. The molecule has 1 amide bonds. The van der Waals surface area contributed by atoms with Gasteiger partial charge in [-0.15, -0.1) is 11.3 Å². The first kappa shape index (κ1) is 22.9. The summed E-state index contributed by atoms with van der Waals surface area (Å²) in [6, 6.07) is 2.62. The highest BCUT2D eigenvalue weighted by atomic mass is 32.1. The molecule has 2 aliphatic rings.